The lowest BCUT2D eigenvalue weighted by molar-refractivity contribution is -0.0751. The predicted octanol–water partition coefficient (Wildman–Crippen LogP) is 2.57. The number of aryl methyl sites for hydroxylation is 2. The molecule has 1 unspecified atom stereocenters. The van der Waals surface area contributed by atoms with Crippen LogP contribution in [0.2, 0.25) is 0 Å². The van der Waals surface area contributed by atoms with Gasteiger partial charge in [-0.25, -0.2) is 4.98 Å². The molecule has 1 fully saturated rings. The van der Waals surface area contributed by atoms with Crippen LogP contribution in [0.15, 0.2) is 6.07 Å². The molecule has 0 radical (unpaired) electrons. The Morgan fingerprint density at radius 1 is 1.47 bits per heavy atom. The van der Waals surface area contributed by atoms with Gasteiger partial charge in [-0.15, -0.1) is 0 Å². The van der Waals surface area contributed by atoms with Crippen LogP contribution in [0.5, 0.6) is 0 Å². The van der Waals surface area contributed by atoms with E-state index < -0.39 is 0 Å². The van der Waals surface area contributed by atoms with Gasteiger partial charge in [0.25, 0.3) is 0 Å². The van der Waals surface area contributed by atoms with E-state index in [1.165, 1.54) is 0 Å². The first-order valence-electron chi connectivity index (χ1n) is 6.63. The van der Waals surface area contributed by atoms with E-state index in [1.807, 2.05) is 19.9 Å². The topological polar surface area (TPSA) is 49.2 Å². The van der Waals surface area contributed by atoms with Gasteiger partial charge in [0.15, 0.2) is 0 Å². The van der Waals surface area contributed by atoms with Crippen molar-refractivity contribution < 1.29 is 4.74 Å². The van der Waals surface area contributed by atoms with E-state index in [0.29, 0.717) is 5.56 Å². The minimum atomic E-state index is -0.219. The lowest BCUT2D eigenvalue weighted by Gasteiger charge is -2.42. The third-order valence-corrected chi connectivity index (χ3v) is 3.31. The molecule has 2 rings (SSSR count). The highest BCUT2D eigenvalue weighted by molar-refractivity contribution is 5.58. The Balaban J connectivity index is 2.44. The second kappa shape index (κ2) is 4.82. The molecule has 0 aromatic carbocycles. The molecule has 4 nitrogen and oxygen atoms in total. The molecule has 0 bridgehead atoms. The fraction of sp³-hybridized carbons (Fsp3) is 0.600. The number of pyridine rings is 1. The van der Waals surface area contributed by atoms with E-state index in [9.17, 15) is 5.26 Å². The number of aromatic nitrogens is 1. The molecule has 0 aliphatic carbocycles. The minimum absolute atomic E-state index is 0.137. The van der Waals surface area contributed by atoms with Gasteiger partial charge in [-0.1, -0.05) is 0 Å². The summed E-state index contributed by atoms with van der Waals surface area (Å²) in [5, 5.41) is 9.37. The van der Waals surface area contributed by atoms with Crippen LogP contribution in [0.1, 0.15) is 37.6 Å². The van der Waals surface area contributed by atoms with Gasteiger partial charge < -0.3 is 9.64 Å². The summed E-state index contributed by atoms with van der Waals surface area (Å²) in [6.45, 7) is 11.7. The molecular weight excluding hydrogens is 238 g/mol. The Kier molecular flexibility index (Phi) is 3.51. The molecule has 2 heterocycles. The van der Waals surface area contributed by atoms with Crippen LogP contribution in [-0.4, -0.2) is 29.8 Å². The van der Waals surface area contributed by atoms with Gasteiger partial charge in [-0.2, -0.15) is 5.26 Å². The number of hydrogen-bond acceptors (Lipinski definition) is 4. The summed E-state index contributed by atoms with van der Waals surface area (Å²) < 4.78 is 5.91. The van der Waals surface area contributed by atoms with Gasteiger partial charge in [-0.3, -0.25) is 0 Å². The summed E-state index contributed by atoms with van der Waals surface area (Å²) in [6, 6.07) is 4.24. The smallest absolute Gasteiger partial charge is 0.147 e. The maximum absolute atomic E-state index is 9.37. The third-order valence-electron chi connectivity index (χ3n) is 3.31. The van der Waals surface area contributed by atoms with E-state index in [1.54, 1.807) is 0 Å². The maximum Gasteiger partial charge on any atom is 0.147 e. The van der Waals surface area contributed by atoms with Crippen LogP contribution in [0.4, 0.5) is 5.82 Å². The van der Waals surface area contributed by atoms with Crippen LogP contribution >= 0.6 is 0 Å². The zero-order chi connectivity index (χ0) is 14.2. The molecule has 0 saturated carbocycles. The maximum atomic E-state index is 9.37. The summed E-state index contributed by atoms with van der Waals surface area (Å²) in [7, 11) is 0. The first-order chi connectivity index (χ1) is 8.82. The van der Waals surface area contributed by atoms with Gasteiger partial charge >= 0.3 is 0 Å². The van der Waals surface area contributed by atoms with E-state index in [2.05, 4.69) is 36.7 Å². The van der Waals surface area contributed by atoms with E-state index in [-0.39, 0.29) is 11.7 Å². The second-order valence-corrected chi connectivity index (χ2v) is 5.96. The number of rotatable bonds is 1. The molecule has 1 aliphatic rings. The number of ether oxygens (including phenoxy) is 1. The Hall–Kier alpha value is -1.60. The van der Waals surface area contributed by atoms with E-state index >= 15 is 0 Å². The van der Waals surface area contributed by atoms with Crippen LogP contribution in [-0.2, 0) is 4.74 Å². The summed E-state index contributed by atoms with van der Waals surface area (Å²) in [4.78, 5) is 6.75. The van der Waals surface area contributed by atoms with Crippen LogP contribution in [0.3, 0.4) is 0 Å². The van der Waals surface area contributed by atoms with Crippen molar-refractivity contribution in [2.75, 3.05) is 18.0 Å². The van der Waals surface area contributed by atoms with Crippen molar-refractivity contribution in [3.05, 3.63) is 22.9 Å². The first kappa shape index (κ1) is 13.8. The summed E-state index contributed by atoms with van der Waals surface area (Å²) in [5.74, 6) is 0.795. The summed E-state index contributed by atoms with van der Waals surface area (Å²) in [6.07, 6.45) is 0.137. The predicted molar refractivity (Wildman–Crippen MR) is 75.3 cm³/mol. The third kappa shape index (κ3) is 2.87. The molecule has 1 aromatic rings. The minimum Gasteiger partial charge on any atom is -0.369 e. The fourth-order valence-electron chi connectivity index (χ4n) is 2.80. The molecule has 19 heavy (non-hydrogen) atoms. The average Bonchev–Trinajstić information content (AvgIpc) is 2.25. The SMILES string of the molecule is Cc1cc(C)c(C#N)c(N2CC(C)OC(C)(C)C2)n1. The Morgan fingerprint density at radius 2 is 2.16 bits per heavy atom. The number of nitrogens with zero attached hydrogens (tertiary/aromatic N) is 3. The van der Waals surface area contributed by atoms with Crippen molar-refractivity contribution in [3.63, 3.8) is 0 Å². The Labute approximate surface area is 115 Å². The van der Waals surface area contributed by atoms with Crippen molar-refractivity contribution in [1.82, 2.24) is 4.98 Å². The van der Waals surface area contributed by atoms with Crippen LogP contribution in [0.25, 0.3) is 0 Å². The van der Waals surface area contributed by atoms with Crippen molar-refractivity contribution in [1.29, 1.82) is 5.26 Å². The second-order valence-electron chi connectivity index (χ2n) is 5.96. The quantitative estimate of drug-likeness (QED) is 0.777. The van der Waals surface area contributed by atoms with Crippen molar-refractivity contribution in [3.8, 4) is 6.07 Å². The molecule has 1 atom stereocenters. The van der Waals surface area contributed by atoms with Crippen molar-refractivity contribution >= 4 is 5.82 Å². The molecule has 1 saturated heterocycles. The number of morpholine rings is 1. The van der Waals surface area contributed by atoms with Crippen molar-refractivity contribution in [2.45, 2.75) is 46.3 Å². The summed E-state index contributed by atoms with van der Waals surface area (Å²) in [5.41, 5.74) is 2.39. The average molecular weight is 259 g/mol. The Bertz CT molecular complexity index is 531. The van der Waals surface area contributed by atoms with Gasteiger partial charge in [0.2, 0.25) is 0 Å². The monoisotopic (exact) mass is 259 g/mol. The molecule has 0 N–H and O–H groups in total. The molecular formula is C15H21N3O. The van der Waals surface area contributed by atoms with Gasteiger partial charge in [-0.05, 0) is 46.2 Å². The molecule has 102 valence electrons. The van der Waals surface area contributed by atoms with Gasteiger partial charge in [0.05, 0.1) is 17.3 Å². The zero-order valence-electron chi connectivity index (χ0n) is 12.3. The van der Waals surface area contributed by atoms with E-state index in [0.717, 1.165) is 30.2 Å². The molecule has 0 amide bonds. The van der Waals surface area contributed by atoms with Gasteiger partial charge in [0.1, 0.15) is 11.9 Å². The van der Waals surface area contributed by atoms with Crippen LogP contribution < -0.4 is 4.90 Å². The zero-order valence-corrected chi connectivity index (χ0v) is 12.3. The lowest BCUT2D eigenvalue weighted by atomic mass is 10.0. The lowest BCUT2D eigenvalue weighted by Crippen LogP contribution is -2.52. The number of anilines is 1. The highest BCUT2D eigenvalue weighted by Gasteiger charge is 2.33. The standard InChI is InChI=1S/C15H21N3O/c1-10-6-11(2)17-14(13(10)7-16)18-8-12(3)19-15(4,5)9-18/h6,12H,8-9H2,1-5H3. The van der Waals surface area contributed by atoms with Crippen LogP contribution in [0, 0.1) is 25.2 Å². The molecule has 0 spiro atoms. The number of nitriles is 1. The fourth-order valence-corrected chi connectivity index (χ4v) is 2.80. The summed E-state index contributed by atoms with van der Waals surface area (Å²) >= 11 is 0. The largest absolute Gasteiger partial charge is 0.369 e. The molecule has 1 aliphatic heterocycles. The number of hydrogen-bond donors (Lipinski definition) is 0. The first-order valence-corrected chi connectivity index (χ1v) is 6.63. The normalized spacial score (nSPS) is 22.1. The van der Waals surface area contributed by atoms with Crippen molar-refractivity contribution in [2.24, 2.45) is 0 Å². The highest BCUT2D eigenvalue weighted by Crippen LogP contribution is 2.28. The molecule has 1 aromatic heterocycles. The van der Waals surface area contributed by atoms with Gasteiger partial charge in [0, 0.05) is 18.8 Å². The van der Waals surface area contributed by atoms with E-state index in [4.69, 9.17) is 4.74 Å². The highest BCUT2D eigenvalue weighted by atomic mass is 16.5. The molecule has 4 heteroatoms. The Morgan fingerprint density at radius 3 is 2.74 bits per heavy atom.